The van der Waals surface area contributed by atoms with Gasteiger partial charge < -0.3 is 10.1 Å². The Bertz CT molecular complexity index is 357. The van der Waals surface area contributed by atoms with Crippen LogP contribution in [0.4, 0.5) is 0 Å². The second-order valence-corrected chi connectivity index (χ2v) is 3.72. The molecule has 0 heterocycles. The molecule has 86 valence electrons. The molecule has 1 atom stereocenters. The molecule has 0 spiro atoms. The summed E-state index contributed by atoms with van der Waals surface area (Å²) in [4.78, 5) is 0. The van der Waals surface area contributed by atoms with E-state index in [1.54, 1.807) is 7.11 Å². The van der Waals surface area contributed by atoms with Gasteiger partial charge in [-0.05, 0) is 24.1 Å². The second-order valence-electron chi connectivity index (χ2n) is 3.72. The maximum Gasteiger partial charge on any atom is 0.119 e. The van der Waals surface area contributed by atoms with Crippen LogP contribution >= 0.6 is 0 Å². The quantitative estimate of drug-likeness (QED) is 0.797. The largest absolute Gasteiger partial charge is 0.497 e. The van der Waals surface area contributed by atoms with Crippen LogP contribution in [0, 0.1) is 17.2 Å². The van der Waals surface area contributed by atoms with Crippen LogP contribution in [0.1, 0.15) is 18.9 Å². The standard InChI is InChI=1S/C13H18N2O/c1-3-11(8-14)9-15-10-12-5-4-6-13(7-12)16-2/h4-7,11,15H,3,9-10H2,1-2H3. The molecule has 1 aromatic carbocycles. The second kappa shape index (κ2) is 6.86. The zero-order valence-electron chi connectivity index (χ0n) is 9.86. The smallest absolute Gasteiger partial charge is 0.119 e. The van der Waals surface area contributed by atoms with Crippen LogP contribution in [0.2, 0.25) is 0 Å². The van der Waals surface area contributed by atoms with E-state index in [0.717, 1.165) is 25.3 Å². The number of rotatable bonds is 6. The first-order chi connectivity index (χ1) is 7.80. The molecule has 0 amide bonds. The molecule has 0 radical (unpaired) electrons. The number of ether oxygens (including phenoxy) is 1. The van der Waals surface area contributed by atoms with Gasteiger partial charge in [-0.15, -0.1) is 0 Å². The van der Waals surface area contributed by atoms with Crippen molar-refractivity contribution in [3.05, 3.63) is 29.8 Å². The van der Waals surface area contributed by atoms with E-state index in [1.165, 1.54) is 5.56 Å². The number of hydrogen-bond donors (Lipinski definition) is 1. The highest BCUT2D eigenvalue weighted by molar-refractivity contribution is 5.28. The van der Waals surface area contributed by atoms with Gasteiger partial charge in [-0.3, -0.25) is 0 Å². The molecule has 1 aromatic rings. The summed E-state index contributed by atoms with van der Waals surface area (Å²) < 4.78 is 5.14. The van der Waals surface area contributed by atoms with E-state index < -0.39 is 0 Å². The first kappa shape index (κ1) is 12.5. The van der Waals surface area contributed by atoms with Gasteiger partial charge in [-0.2, -0.15) is 5.26 Å². The van der Waals surface area contributed by atoms with Gasteiger partial charge in [0.25, 0.3) is 0 Å². The molecule has 0 aliphatic carbocycles. The molecule has 0 saturated heterocycles. The van der Waals surface area contributed by atoms with Gasteiger partial charge in [0.15, 0.2) is 0 Å². The van der Waals surface area contributed by atoms with Gasteiger partial charge >= 0.3 is 0 Å². The van der Waals surface area contributed by atoms with Crippen molar-refractivity contribution in [2.24, 2.45) is 5.92 Å². The Labute approximate surface area is 97.0 Å². The number of methoxy groups -OCH3 is 1. The van der Waals surface area contributed by atoms with Crippen molar-refractivity contribution in [1.29, 1.82) is 5.26 Å². The van der Waals surface area contributed by atoms with E-state index in [-0.39, 0.29) is 5.92 Å². The van der Waals surface area contributed by atoms with Crippen molar-refractivity contribution in [1.82, 2.24) is 5.32 Å². The van der Waals surface area contributed by atoms with E-state index >= 15 is 0 Å². The third kappa shape index (κ3) is 3.92. The first-order valence-corrected chi connectivity index (χ1v) is 5.53. The summed E-state index contributed by atoms with van der Waals surface area (Å²) in [6.07, 6.45) is 0.890. The fraction of sp³-hybridized carbons (Fsp3) is 0.462. The zero-order chi connectivity index (χ0) is 11.8. The normalized spacial score (nSPS) is 11.8. The minimum Gasteiger partial charge on any atom is -0.497 e. The molecule has 1 unspecified atom stereocenters. The number of hydrogen-bond acceptors (Lipinski definition) is 3. The molecule has 0 fully saturated rings. The molecule has 3 nitrogen and oxygen atoms in total. The van der Waals surface area contributed by atoms with E-state index in [1.807, 2.05) is 31.2 Å². The lowest BCUT2D eigenvalue weighted by atomic mass is 10.1. The van der Waals surface area contributed by atoms with Crippen molar-refractivity contribution in [3.63, 3.8) is 0 Å². The fourth-order valence-corrected chi connectivity index (χ4v) is 1.45. The van der Waals surface area contributed by atoms with Gasteiger partial charge in [-0.25, -0.2) is 0 Å². The molecule has 0 aliphatic heterocycles. The average Bonchev–Trinajstić information content (AvgIpc) is 2.35. The van der Waals surface area contributed by atoms with Gasteiger partial charge in [0.2, 0.25) is 0 Å². The Kier molecular flexibility index (Phi) is 5.38. The average molecular weight is 218 g/mol. The summed E-state index contributed by atoms with van der Waals surface area (Å²) in [6, 6.07) is 10.2. The highest BCUT2D eigenvalue weighted by Crippen LogP contribution is 2.12. The molecular formula is C13H18N2O. The molecule has 0 bridgehead atoms. The van der Waals surface area contributed by atoms with Crippen LogP contribution in [0.5, 0.6) is 5.75 Å². The minimum atomic E-state index is 0.102. The Morgan fingerprint density at radius 2 is 2.31 bits per heavy atom. The number of benzene rings is 1. The zero-order valence-corrected chi connectivity index (χ0v) is 9.86. The minimum absolute atomic E-state index is 0.102. The summed E-state index contributed by atoms with van der Waals surface area (Å²) in [5.74, 6) is 0.970. The fourth-order valence-electron chi connectivity index (χ4n) is 1.45. The number of nitriles is 1. The van der Waals surface area contributed by atoms with E-state index in [9.17, 15) is 0 Å². The predicted molar refractivity (Wildman–Crippen MR) is 64.1 cm³/mol. The highest BCUT2D eigenvalue weighted by Gasteiger charge is 2.03. The lowest BCUT2D eigenvalue weighted by Crippen LogP contribution is -2.21. The first-order valence-electron chi connectivity index (χ1n) is 5.53. The highest BCUT2D eigenvalue weighted by atomic mass is 16.5. The Hall–Kier alpha value is -1.53. The Morgan fingerprint density at radius 3 is 2.94 bits per heavy atom. The van der Waals surface area contributed by atoms with E-state index in [4.69, 9.17) is 10.00 Å². The SMILES string of the molecule is CCC(C#N)CNCc1cccc(OC)c1. The third-order valence-electron chi connectivity index (χ3n) is 2.53. The Balaban J connectivity index is 2.40. The van der Waals surface area contributed by atoms with Gasteiger partial charge in [-0.1, -0.05) is 19.1 Å². The number of nitrogens with one attached hydrogen (secondary N) is 1. The van der Waals surface area contributed by atoms with Crippen molar-refractivity contribution < 1.29 is 4.74 Å². The summed E-state index contributed by atoms with van der Waals surface area (Å²) in [5.41, 5.74) is 1.17. The van der Waals surface area contributed by atoms with Gasteiger partial charge in [0.1, 0.15) is 5.75 Å². The molecular weight excluding hydrogens is 200 g/mol. The molecule has 16 heavy (non-hydrogen) atoms. The van der Waals surface area contributed by atoms with Crippen molar-refractivity contribution in [2.45, 2.75) is 19.9 Å². The topological polar surface area (TPSA) is 45.0 Å². The lowest BCUT2D eigenvalue weighted by Gasteiger charge is -2.09. The van der Waals surface area contributed by atoms with Crippen LogP contribution in [-0.4, -0.2) is 13.7 Å². The monoisotopic (exact) mass is 218 g/mol. The van der Waals surface area contributed by atoms with Crippen LogP contribution < -0.4 is 10.1 Å². The number of nitrogens with zero attached hydrogens (tertiary/aromatic N) is 1. The van der Waals surface area contributed by atoms with Crippen LogP contribution in [0.3, 0.4) is 0 Å². The van der Waals surface area contributed by atoms with Crippen molar-refractivity contribution >= 4 is 0 Å². The summed E-state index contributed by atoms with van der Waals surface area (Å²) in [6.45, 7) is 3.54. The predicted octanol–water partition coefficient (Wildman–Crippen LogP) is 2.33. The Morgan fingerprint density at radius 1 is 1.50 bits per heavy atom. The van der Waals surface area contributed by atoms with E-state index in [0.29, 0.717) is 0 Å². The molecule has 0 aliphatic rings. The van der Waals surface area contributed by atoms with Crippen molar-refractivity contribution in [2.75, 3.05) is 13.7 Å². The summed E-state index contributed by atoms with van der Waals surface area (Å²) in [5, 5.41) is 12.1. The lowest BCUT2D eigenvalue weighted by molar-refractivity contribution is 0.414. The molecule has 0 saturated carbocycles. The third-order valence-corrected chi connectivity index (χ3v) is 2.53. The maximum absolute atomic E-state index is 8.80. The van der Waals surface area contributed by atoms with Crippen LogP contribution in [0.15, 0.2) is 24.3 Å². The summed E-state index contributed by atoms with van der Waals surface area (Å²) >= 11 is 0. The van der Waals surface area contributed by atoms with Crippen LogP contribution in [0.25, 0.3) is 0 Å². The van der Waals surface area contributed by atoms with Gasteiger partial charge in [0, 0.05) is 13.1 Å². The molecule has 3 heteroatoms. The molecule has 0 aromatic heterocycles. The maximum atomic E-state index is 8.80. The molecule has 1 N–H and O–H groups in total. The van der Waals surface area contributed by atoms with Crippen molar-refractivity contribution in [3.8, 4) is 11.8 Å². The van der Waals surface area contributed by atoms with Crippen LogP contribution in [-0.2, 0) is 6.54 Å². The van der Waals surface area contributed by atoms with E-state index in [2.05, 4.69) is 11.4 Å². The molecule has 1 rings (SSSR count). The van der Waals surface area contributed by atoms with Gasteiger partial charge in [0.05, 0.1) is 19.1 Å². The summed E-state index contributed by atoms with van der Waals surface area (Å²) in [7, 11) is 1.66.